The fourth-order valence-corrected chi connectivity index (χ4v) is 5.94. The zero-order chi connectivity index (χ0) is 34.4. The summed E-state index contributed by atoms with van der Waals surface area (Å²) in [6.45, 7) is 2.76. The Bertz CT molecular complexity index is 1880. The van der Waals surface area contributed by atoms with Crippen molar-refractivity contribution in [3.63, 3.8) is 0 Å². The van der Waals surface area contributed by atoms with Gasteiger partial charge in [0.2, 0.25) is 5.91 Å². The molecule has 0 aliphatic heterocycles. The Labute approximate surface area is 295 Å². The molecule has 3 amide bonds. The standard InChI is InChI=1S/C40H36ClN3O4S/c1-2-3-25-48-34-23-21-32(22-24-34)42-40(47)37(29-11-6-4-7-12-29)49-35-16-10-15-33(27-35)43-39(46)36(26-28-17-19-31(41)20-18-28)44-38(45)30-13-8-5-9-14-30/h4-24,26-27,37H,2-3,25H2,1H3,(H,42,47)(H,43,46)(H,44,45)/b36-26-. The molecule has 0 radical (unpaired) electrons. The number of rotatable bonds is 14. The minimum atomic E-state index is -0.585. The second kappa shape index (κ2) is 17.7. The van der Waals surface area contributed by atoms with Gasteiger partial charge in [0.1, 0.15) is 16.7 Å². The number of carbonyl (C=O) groups is 3. The zero-order valence-electron chi connectivity index (χ0n) is 26.9. The summed E-state index contributed by atoms with van der Waals surface area (Å²) in [7, 11) is 0. The number of nitrogens with one attached hydrogen (secondary N) is 3. The molecule has 5 rings (SSSR count). The number of benzene rings is 5. The smallest absolute Gasteiger partial charge is 0.272 e. The van der Waals surface area contributed by atoms with E-state index in [0.29, 0.717) is 34.1 Å². The Kier molecular flexibility index (Phi) is 12.7. The number of ether oxygens (including phenoxy) is 1. The van der Waals surface area contributed by atoms with Crippen molar-refractivity contribution in [3.05, 3.63) is 161 Å². The molecule has 0 heterocycles. The maximum atomic E-state index is 13.7. The highest BCUT2D eigenvalue weighted by atomic mass is 35.5. The minimum Gasteiger partial charge on any atom is -0.494 e. The van der Waals surface area contributed by atoms with Crippen LogP contribution in [0.3, 0.4) is 0 Å². The van der Waals surface area contributed by atoms with E-state index in [1.165, 1.54) is 11.8 Å². The van der Waals surface area contributed by atoms with Gasteiger partial charge < -0.3 is 20.7 Å². The highest BCUT2D eigenvalue weighted by molar-refractivity contribution is 8.00. The fourth-order valence-electron chi connectivity index (χ4n) is 4.73. The SMILES string of the molecule is CCCCOc1ccc(NC(=O)C(Sc2cccc(NC(=O)/C(=C/c3ccc(Cl)cc3)NC(=O)c3ccccc3)c2)c2ccccc2)cc1. The average Bonchev–Trinajstić information content (AvgIpc) is 3.13. The molecule has 1 atom stereocenters. The van der Waals surface area contributed by atoms with Crippen LogP contribution in [0.15, 0.2) is 144 Å². The topological polar surface area (TPSA) is 96.5 Å². The summed E-state index contributed by atoms with van der Waals surface area (Å²) in [4.78, 5) is 41.1. The molecule has 0 aromatic heterocycles. The van der Waals surface area contributed by atoms with Crippen molar-refractivity contribution in [2.24, 2.45) is 0 Å². The molecule has 0 spiro atoms. The van der Waals surface area contributed by atoms with Gasteiger partial charge in [-0.3, -0.25) is 14.4 Å². The van der Waals surface area contributed by atoms with E-state index in [9.17, 15) is 14.4 Å². The zero-order valence-corrected chi connectivity index (χ0v) is 28.5. The van der Waals surface area contributed by atoms with Gasteiger partial charge in [-0.1, -0.05) is 91.7 Å². The van der Waals surface area contributed by atoms with Crippen LogP contribution in [0.4, 0.5) is 11.4 Å². The van der Waals surface area contributed by atoms with E-state index in [1.54, 1.807) is 72.8 Å². The van der Waals surface area contributed by atoms with Gasteiger partial charge in [-0.2, -0.15) is 0 Å². The van der Waals surface area contributed by atoms with E-state index >= 15 is 0 Å². The monoisotopic (exact) mass is 689 g/mol. The Morgan fingerprint density at radius 1 is 0.776 bits per heavy atom. The van der Waals surface area contributed by atoms with Crippen molar-refractivity contribution < 1.29 is 19.1 Å². The van der Waals surface area contributed by atoms with Gasteiger partial charge >= 0.3 is 0 Å². The van der Waals surface area contributed by atoms with Gasteiger partial charge in [-0.05, 0) is 90.4 Å². The second-order valence-corrected chi connectivity index (χ2v) is 12.7. The Balaban J connectivity index is 1.33. The highest BCUT2D eigenvalue weighted by Gasteiger charge is 2.23. The lowest BCUT2D eigenvalue weighted by molar-refractivity contribution is -0.116. The third-order valence-corrected chi connectivity index (χ3v) is 8.78. The van der Waals surface area contributed by atoms with Crippen LogP contribution in [0.1, 0.15) is 46.5 Å². The molecule has 3 N–H and O–H groups in total. The number of amides is 3. The van der Waals surface area contributed by atoms with Crippen molar-refractivity contribution >= 4 is 58.5 Å². The lowest BCUT2D eigenvalue weighted by Crippen LogP contribution is -2.30. The number of thioether (sulfide) groups is 1. The fraction of sp³-hybridized carbons (Fsp3) is 0.125. The molecule has 0 saturated heterocycles. The molecule has 0 saturated carbocycles. The van der Waals surface area contributed by atoms with Crippen LogP contribution < -0.4 is 20.7 Å². The van der Waals surface area contributed by atoms with Crippen LogP contribution in [0, 0.1) is 0 Å². The molecule has 7 nitrogen and oxygen atoms in total. The van der Waals surface area contributed by atoms with Gasteiger partial charge in [0.05, 0.1) is 6.61 Å². The first-order valence-corrected chi connectivity index (χ1v) is 17.1. The van der Waals surface area contributed by atoms with Crippen LogP contribution in [0.25, 0.3) is 6.08 Å². The van der Waals surface area contributed by atoms with Crippen molar-refractivity contribution in [2.45, 2.75) is 29.9 Å². The number of unbranched alkanes of at least 4 members (excludes halogenated alkanes) is 1. The van der Waals surface area contributed by atoms with E-state index in [4.69, 9.17) is 16.3 Å². The molecule has 0 aliphatic carbocycles. The maximum absolute atomic E-state index is 13.7. The van der Waals surface area contributed by atoms with Gasteiger partial charge in [-0.15, -0.1) is 11.8 Å². The molecular formula is C40H36ClN3O4S. The molecule has 0 aliphatic rings. The first kappa shape index (κ1) is 35.0. The van der Waals surface area contributed by atoms with Crippen LogP contribution >= 0.6 is 23.4 Å². The van der Waals surface area contributed by atoms with E-state index in [-0.39, 0.29) is 11.6 Å². The first-order valence-electron chi connectivity index (χ1n) is 15.9. The summed E-state index contributed by atoms with van der Waals surface area (Å²) in [5, 5.41) is 8.66. The third kappa shape index (κ3) is 10.6. The molecule has 49 heavy (non-hydrogen) atoms. The normalized spacial score (nSPS) is 11.7. The predicted octanol–water partition coefficient (Wildman–Crippen LogP) is 9.40. The van der Waals surface area contributed by atoms with Gasteiger partial charge in [-0.25, -0.2) is 0 Å². The number of hydrogen-bond acceptors (Lipinski definition) is 5. The van der Waals surface area contributed by atoms with Crippen LogP contribution in [-0.4, -0.2) is 24.3 Å². The van der Waals surface area contributed by atoms with Gasteiger partial charge in [0.25, 0.3) is 11.8 Å². The quantitative estimate of drug-likeness (QED) is 0.0613. The average molecular weight is 690 g/mol. The number of anilines is 2. The van der Waals surface area contributed by atoms with Crippen LogP contribution in [0.2, 0.25) is 5.02 Å². The second-order valence-electron chi connectivity index (χ2n) is 11.0. The molecule has 0 bridgehead atoms. The van der Waals surface area contributed by atoms with Crippen molar-refractivity contribution in [3.8, 4) is 5.75 Å². The molecule has 248 valence electrons. The van der Waals surface area contributed by atoms with Crippen LogP contribution in [-0.2, 0) is 9.59 Å². The third-order valence-electron chi connectivity index (χ3n) is 7.28. The van der Waals surface area contributed by atoms with Crippen molar-refractivity contribution in [1.29, 1.82) is 0 Å². The number of hydrogen-bond donors (Lipinski definition) is 3. The number of carbonyl (C=O) groups excluding carboxylic acids is 3. The van der Waals surface area contributed by atoms with E-state index in [2.05, 4.69) is 22.9 Å². The van der Waals surface area contributed by atoms with E-state index in [1.807, 2.05) is 66.7 Å². The maximum Gasteiger partial charge on any atom is 0.272 e. The molecule has 9 heteroatoms. The predicted molar refractivity (Wildman–Crippen MR) is 199 cm³/mol. The minimum absolute atomic E-state index is 0.0533. The first-order chi connectivity index (χ1) is 23.9. The highest BCUT2D eigenvalue weighted by Crippen LogP contribution is 2.37. The Morgan fingerprint density at radius 2 is 1.47 bits per heavy atom. The number of halogens is 1. The molecule has 5 aromatic carbocycles. The van der Waals surface area contributed by atoms with Crippen LogP contribution in [0.5, 0.6) is 5.75 Å². The Morgan fingerprint density at radius 3 is 2.16 bits per heavy atom. The summed E-state index contributed by atoms with van der Waals surface area (Å²) >= 11 is 7.42. The van der Waals surface area contributed by atoms with E-state index < -0.39 is 17.1 Å². The summed E-state index contributed by atoms with van der Waals surface area (Å²) in [5.41, 5.74) is 3.14. The molecule has 1 unspecified atom stereocenters. The van der Waals surface area contributed by atoms with Gasteiger partial charge in [0, 0.05) is 26.9 Å². The summed E-state index contributed by atoms with van der Waals surface area (Å²) < 4.78 is 5.75. The summed E-state index contributed by atoms with van der Waals surface area (Å²) in [6.07, 6.45) is 3.62. The van der Waals surface area contributed by atoms with Gasteiger partial charge in [0.15, 0.2) is 0 Å². The van der Waals surface area contributed by atoms with Crippen molar-refractivity contribution in [2.75, 3.05) is 17.2 Å². The largest absolute Gasteiger partial charge is 0.494 e. The lowest BCUT2D eigenvalue weighted by atomic mass is 10.1. The summed E-state index contributed by atoms with van der Waals surface area (Å²) in [5.74, 6) is -0.372. The molecule has 0 fully saturated rings. The lowest BCUT2D eigenvalue weighted by Gasteiger charge is -2.18. The molecule has 5 aromatic rings. The molecular weight excluding hydrogens is 654 g/mol. The summed E-state index contributed by atoms with van der Waals surface area (Å²) in [6, 6.07) is 39.7. The van der Waals surface area contributed by atoms with Crippen molar-refractivity contribution in [1.82, 2.24) is 5.32 Å². The van der Waals surface area contributed by atoms with E-state index in [0.717, 1.165) is 29.1 Å². The Hall–Kier alpha value is -5.31.